The molecule has 1 N–H and O–H groups in total. The molecule has 0 aromatic carbocycles. The second-order valence-corrected chi connectivity index (χ2v) is 3.56. The molecular formula is C11H20N2O3. The van der Waals surface area contributed by atoms with Crippen LogP contribution in [0.4, 0.5) is 0 Å². The second kappa shape index (κ2) is 8.27. The standard InChI is InChI=1S/C11H20N2O3/c1-10-8-11(13-16-10)9-12-4-7-15-6-3-5-14-2/h8,12H,3-7,9H2,1-2H3. The summed E-state index contributed by atoms with van der Waals surface area (Å²) in [5, 5.41) is 7.11. The lowest BCUT2D eigenvalue weighted by atomic mass is 10.4. The molecule has 0 aliphatic rings. The lowest BCUT2D eigenvalue weighted by Crippen LogP contribution is -2.19. The van der Waals surface area contributed by atoms with Crippen LogP contribution in [0.15, 0.2) is 10.6 Å². The number of hydrogen-bond acceptors (Lipinski definition) is 5. The fourth-order valence-corrected chi connectivity index (χ4v) is 1.27. The van der Waals surface area contributed by atoms with E-state index in [-0.39, 0.29) is 0 Å². The van der Waals surface area contributed by atoms with Crippen molar-refractivity contribution in [2.75, 3.05) is 33.5 Å². The highest BCUT2D eigenvalue weighted by atomic mass is 16.5. The Morgan fingerprint density at radius 1 is 1.38 bits per heavy atom. The molecule has 0 saturated heterocycles. The van der Waals surface area contributed by atoms with Crippen LogP contribution in [0, 0.1) is 6.92 Å². The number of rotatable bonds is 9. The van der Waals surface area contributed by atoms with Crippen LogP contribution in [0.3, 0.4) is 0 Å². The second-order valence-electron chi connectivity index (χ2n) is 3.56. The highest BCUT2D eigenvalue weighted by Crippen LogP contribution is 2.00. The summed E-state index contributed by atoms with van der Waals surface area (Å²) in [4.78, 5) is 0. The number of hydrogen-bond donors (Lipinski definition) is 1. The SMILES string of the molecule is COCCCOCCNCc1cc(C)on1. The van der Waals surface area contributed by atoms with Crippen LogP contribution < -0.4 is 5.32 Å². The monoisotopic (exact) mass is 228 g/mol. The van der Waals surface area contributed by atoms with Crippen molar-refractivity contribution in [3.8, 4) is 0 Å². The van der Waals surface area contributed by atoms with Crippen LogP contribution in [-0.2, 0) is 16.0 Å². The molecule has 5 nitrogen and oxygen atoms in total. The molecule has 0 aliphatic heterocycles. The molecule has 0 fully saturated rings. The third-order valence-corrected chi connectivity index (χ3v) is 2.04. The van der Waals surface area contributed by atoms with Crippen LogP contribution in [-0.4, -0.2) is 38.6 Å². The smallest absolute Gasteiger partial charge is 0.133 e. The summed E-state index contributed by atoms with van der Waals surface area (Å²) in [7, 11) is 1.70. The van der Waals surface area contributed by atoms with Gasteiger partial charge in [0.25, 0.3) is 0 Å². The minimum absolute atomic E-state index is 0.709. The fourth-order valence-electron chi connectivity index (χ4n) is 1.27. The number of nitrogens with zero attached hydrogens (tertiary/aromatic N) is 1. The average molecular weight is 228 g/mol. The number of ether oxygens (including phenoxy) is 2. The molecule has 5 heteroatoms. The van der Waals surface area contributed by atoms with E-state index in [0.29, 0.717) is 6.61 Å². The van der Waals surface area contributed by atoms with Gasteiger partial charge in [0, 0.05) is 39.5 Å². The van der Waals surface area contributed by atoms with E-state index in [9.17, 15) is 0 Å². The summed E-state index contributed by atoms with van der Waals surface area (Å²) in [6.45, 7) is 5.64. The molecule has 0 unspecified atom stereocenters. The van der Waals surface area contributed by atoms with Gasteiger partial charge in [0.2, 0.25) is 0 Å². The van der Waals surface area contributed by atoms with Crippen LogP contribution in [0.5, 0.6) is 0 Å². The third kappa shape index (κ3) is 5.85. The summed E-state index contributed by atoms with van der Waals surface area (Å²) >= 11 is 0. The first-order chi connectivity index (χ1) is 7.83. The maximum Gasteiger partial charge on any atom is 0.133 e. The zero-order valence-corrected chi connectivity index (χ0v) is 9.99. The Bertz CT molecular complexity index is 276. The van der Waals surface area contributed by atoms with Gasteiger partial charge in [-0.05, 0) is 13.3 Å². The maximum atomic E-state index is 5.39. The van der Waals surface area contributed by atoms with E-state index in [4.69, 9.17) is 14.0 Å². The molecule has 0 spiro atoms. The van der Waals surface area contributed by atoms with Gasteiger partial charge in [0.05, 0.1) is 12.3 Å². The first-order valence-corrected chi connectivity index (χ1v) is 5.52. The Morgan fingerprint density at radius 2 is 2.25 bits per heavy atom. The van der Waals surface area contributed by atoms with Gasteiger partial charge in [0.15, 0.2) is 0 Å². The van der Waals surface area contributed by atoms with E-state index < -0.39 is 0 Å². The van der Waals surface area contributed by atoms with Crippen molar-refractivity contribution >= 4 is 0 Å². The number of aryl methyl sites for hydroxylation is 1. The summed E-state index contributed by atoms with van der Waals surface area (Å²) in [6.07, 6.45) is 0.943. The van der Waals surface area contributed by atoms with Gasteiger partial charge >= 0.3 is 0 Å². The van der Waals surface area contributed by atoms with Gasteiger partial charge in [-0.3, -0.25) is 0 Å². The predicted octanol–water partition coefficient (Wildman–Crippen LogP) is 1.13. The quantitative estimate of drug-likeness (QED) is 0.642. The molecule has 1 rings (SSSR count). The zero-order chi connectivity index (χ0) is 11.6. The van der Waals surface area contributed by atoms with Gasteiger partial charge in [-0.15, -0.1) is 0 Å². The highest BCUT2D eigenvalue weighted by Gasteiger charge is 1.98. The molecule has 0 amide bonds. The minimum Gasteiger partial charge on any atom is -0.385 e. The lowest BCUT2D eigenvalue weighted by molar-refractivity contribution is 0.104. The van der Waals surface area contributed by atoms with Crippen LogP contribution >= 0.6 is 0 Å². The zero-order valence-electron chi connectivity index (χ0n) is 9.99. The molecule has 0 aliphatic carbocycles. The first kappa shape index (κ1) is 13.2. The van der Waals surface area contributed by atoms with E-state index in [2.05, 4.69) is 10.5 Å². The van der Waals surface area contributed by atoms with Crippen molar-refractivity contribution in [1.29, 1.82) is 0 Å². The number of aromatic nitrogens is 1. The summed E-state index contributed by atoms with van der Waals surface area (Å²) < 4.78 is 15.3. The van der Waals surface area contributed by atoms with E-state index >= 15 is 0 Å². The Balaban J connectivity index is 1.88. The molecular weight excluding hydrogens is 208 g/mol. The predicted molar refractivity (Wildman–Crippen MR) is 60.3 cm³/mol. The van der Waals surface area contributed by atoms with E-state index in [1.807, 2.05) is 13.0 Å². The van der Waals surface area contributed by atoms with Crippen molar-refractivity contribution < 1.29 is 14.0 Å². The molecule has 0 saturated carbocycles. The Morgan fingerprint density at radius 3 is 2.94 bits per heavy atom. The van der Waals surface area contributed by atoms with Crippen molar-refractivity contribution in [1.82, 2.24) is 10.5 Å². The van der Waals surface area contributed by atoms with Crippen LogP contribution in [0.2, 0.25) is 0 Å². The van der Waals surface area contributed by atoms with Crippen molar-refractivity contribution in [2.24, 2.45) is 0 Å². The summed E-state index contributed by atoms with van der Waals surface area (Å²) in [6, 6.07) is 1.92. The topological polar surface area (TPSA) is 56.5 Å². The van der Waals surface area contributed by atoms with Crippen LogP contribution in [0.25, 0.3) is 0 Å². The Hall–Kier alpha value is -0.910. The van der Waals surface area contributed by atoms with Gasteiger partial charge in [0.1, 0.15) is 5.76 Å². The van der Waals surface area contributed by atoms with Crippen molar-refractivity contribution in [3.05, 3.63) is 17.5 Å². The average Bonchev–Trinajstić information content (AvgIpc) is 2.68. The van der Waals surface area contributed by atoms with Gasteiger partial charge in [-0.2, -0.15) is 0 Å². The molecule has 0 atom stereocenters. The lowest BCUT2D eigenvalue weighted by Gasteiger charge is -2.04. The van der Waals surface area contributed by atoms with Crippen LogP contribution in [0.1, 0.15) is 17.9 Å². The molecule has 16 heavy (non-hydrogen) atoms. The molecule has 0 bridgehead atoms. The molecule has 1 aromatic heterocycles. The van der Waals surface area contributed by atoms with E-state index in [1.54, 1.807) is 7.11 Å². The molecule has 92 valence electrons. The van der Waals surface area contributed by atoms with Gasteiger partial charge in [-0.1, -0.05) is 5.16 Å². The molecule has 1 aromatic rings. The molecule has 0 radical (unpaired) electrons. The Kier molecular flexibility index (Phi) is 6.80. The van der Waals surface area contributed by atoms with E-state index in [1.165, 1.54) is 0 Å². The largest absolute Gasteiger partial charge is 0.385 e. The maximum absolute atomic E-state index is 5.39. The van der Waals surface area contributed by atoms with Crippen molar-refractivity contribution in [2.45, 2.75) is 19.9 Å². The number of methoxy groups -OCH3 is 1. The highest BCUT2D eigenvalue weighted by molar-refractivity contribution is 5.02. The first-order valence-electron chi connectivity index (χ1n) is 5.52. The summed E-state index contributed by atoms with van der Waals surface area (Å²) in [5.41, 5.74) is 0.928. The molecule has 1 heterocycles. The van der Waals surface area contributed by atoms with Crippen molar-refractivity contribution in [3.63, 3.8) is 0 Å². The Labute approximate surface area is 96.1 Å². The van der Waals surface area contributed by atoms with Gasteiger partial charge < -0.3 is 19.3 Å². The normalized spacial score (nSPS) is 10.9. The summed E-state index contributed by atoms with van der Waals surface area (Å²) in [5.74, 6) is 0.840. The fraction of sp³-hybridized carbons (Fsp3) is 0.727. The van der Waals surface area contributed by atoms with Gasteiger partial charge in [-0.25, -0.2) is 0 Å². The van der Waals surface area contributed by atoms with E-state index in [0.717, 1.165) is 44.2 Å². The minimum atomic E-state index is 0.709. The number of nitrogens with one attached hydrogen (secondary N) is 1. The third-order valence-electron chi connectivity index (χ3n) is 2.04.